The van der Waals surface area contributed by atoms with Gasteiger partial charge in [0, 0.05) is 37.7 Å². The van der Waals surface area contributed by atoms with Gasteiger partial charge in [-0.15, -0.1) is 0 Å². The Morgan fingerprint density at radius 1 is 1.12 bits per heavy atom. The number of aromatic nitrogens is 4. The molecule has 5 heterocycles. The minimum Gasteiger partial charge on any atom is -0.477 e. The highest BCUT2D eigenvalue weighted by atomic mass is 19.1. The van der Waals surface area contributed by atoms with E-state index in [-0.39, 0.29) is 24.0 Å². The van der Waals surface area contributed by atoms with Crippen molar-refractivity contribution in [1.82, 2.24) is 19.5 Å². The largest absolute Gasteiger partial charge is 0.477 e. The van der Waals surface area contributed by atoms with Crippen LogP contribution in [0.2, 0.25) is 0 Å². The number of anilines is 1. The van der Waals surface area contributed by atoms with Crippen LogP contribution in [0.1, 0.15) is 46.7 Å². The highest BCUT2D eigenvalue weighted by molar-refractivity contribution is 5.88. The van der Waals surface area contributed by atoms with E-state index in [1.165, 1.54) is 12.1 Å². The first-order valence-electron chi connectivity index (χ1n) is 13.7. The number of halogens is 1. The molecule has 1 atom stereocenters. The Kier molecular flexibility index (Phi) is 7.48. The summed E-state index contributed by atoms with van der Waals surface area (Å²) in [6, 6.07) is 15.0. The second-order valence-corrected chi connectivity index (χ2v) is 10.4. The van der Waals surface area contributed by atoms with Gasteiger partial charge in [-0.25, -0.2) is 19.2 Å². The van der Waals surface area contributed by atoms with Crippen LogP contribution in [0.5, 0.6) is 5.88 Å². The van der Waals surface area contributed by atoms with Crippen LogP contribution in [0.4, 0.5) is 10.2 Å². The van der Waals surface area contributed by atoms with Gasteiger partial charge in [-0.2, -0.15) is 10.2 Å². The topological polar surface area (TPSA) is 126 Å². The van der Waals surface area contributed by atoms with E-state index in [2.05, 4.69) is 14.9 Å². The van der Waals surface area contributed by atoms with Gasteiger partial charge in [0.2, 0.25) is 5.88 Å². The molecule has 0 aliphatic carbocycles. The zero-order chi connectivity index (χ0) is 28.3. The van der Waals surface area contributed by atoms with Gasteiger partial charge in [-0.1, -0.05) is 12.1 Å². The number of hydrogen-bond donors (Lipinski definition) is 1. The van der Waals surface area contributed by atoms with Crippen LogP contribution < -0.4 is 9.64 Å². The Bertz CT molecular complexity index is 1620. The maximum atomic E-state index is 14.2. The predicted octanol–water partition coefficient (Wildman–Crippen LogP) is 4.36. The van der Waals surface area contributed by atoms with Crippen LogP contribution in [0.3, 0.4) is 0 Å². The van der Waals surface area contributed by atoms with Crippen LogP contribution in [0, 0.1) is 23.1 Å². The molecular formula is C30H29FN6O4. The standard InChI is InChI=1S/C30H29FN6O4/c31-23-14-20(16-32)4-5-21(23)18-41-28-3-1-2-26(35-28)36-11-8-19(9-12-36)15-27-33-24-6-7-25(30(38)39)34-29(24)37(27)17-22-10-13-40-22/h1-7,14,19,22H,8-13,15,17-18H2,(H,38,39). The lowest BCUT2D eigenvalue weighted by Crippen LogP contribution is -2.35. The Hall–Kier alpha value is -4.56. The number of aromatic carboxylic acids is 1. The fraction of sp³-hybridized carbons (Fsp3) is 0.367. The summed E-state index contributed by atoms with van der Waals surface area (Å²) in [5, 5.41) is 18.4. The van der Waals surface area contributed by atoms with E-state index in [0.29, 0.717) is 35.1 Å². The molecule has 4 aromatic rings. The molecule has 1 unspecified atom stereocenters. The predicted molar refractivity (Wildman–Crippen MR) is 147 cm³/mol. The van der Waals surface area contributed by atoms with E-state index in [1.807, 2.05) is 22.8 Å². The van der Waals surface area contributed by atoms with Gasteiger partial charge in [0.15, 0.2) is 11.3 Å². The molecule has 0 amide bonds. The molecular weight excluding hydrogens is 527 g/mol. The van der Waals surface area contributed by atoms with Crippen molar-refractivity contribution in [3.05, 3.63) is 77.0 Å². The van der Waals surface area contributed by atoms with Gasteiger partial charge in [0.05, 0.1) is 24.3 Å². The Balaban J connectivity index is 1.10. The third kappa shape index (κ3) is 5.83. The van der Waals surface area contributed by atoms with Crippen LogP contribution in [0.15, 0.2) is 48.5 Å². The van der Waals surface area contributed by atoms with Crippen LogP contribution >= 0.6 is 0 Å². The number of imidazole rings is 1. The number of rotatable bonds is 9. The number of hydrogen-bond acceptors (Lipinski definition) is 8. The van der Waals surface area contributed by atoms with Crippen LogP contribution in [-0.4, -0.2) is 56.4 Å². The van der Waals surface area contributed by atoms with Crippen LogP contribution in [0.25, 0.3) is 11.2 Å². The molecule has 210 valence electrons. The lowest BCUT2D eigenvalue weighted by Gasteiger charge is -2.33. The molecule has 1 aromatic carbocycles. The summed E-state index contributed by atoms with van der Waals surface area (Å²) in [4.78, 5) is 27.6. The van der Waals surface area contributed by atoms with Crippen molar-refractivity contribution in [2.75, 3.05) is 24.6 Å². The number of carboxylic acids is 1. The number of carbonyl (C=O) groups is 1. The van der Waals surface area contributed by atoms with Crippen LogP contribution in [-0.2, 0) is 24.3 Å². The maximum Gasteiger partial charge on any atom is 0.354 e. The van der Waals surface area contributed by atoms with Crippen molar-refractivity contribution in [2.45, 2.75) is 44.9 Å². The van der Waals surface area contributed by atoms with Gasteiger partial charge in [-0.3, -0.25) is 0 Å². The third-order valence-corrected chi connectivity index (χ3v) is 7.75. The first kappa shape index (κ1) is 26.7. The molecule has 1 N–H and O–H groups in total. The molecule has 0 spiro atoms. The quantitative estimate of drug-likeness (QED) is 0.320. The Morgan fingerprint density at radius 2 is 1.95 bits per heavy atom. The van der Waals surface area contributed by atoms with E-state index >= 15 is 0 Å². The molecule has 2 aliphatic rings. The van der Waals surface area contributed by atoms with E-state index in [9.17, 15) is 14.3 Å². The van der Waals surface area contributed by atoms with Gasteiger partial charge >= 0.3 is 5.97 Å². The minimum atomic E-state index is -1.06. The molecule has 0 bridgehead atoms. The molecule has 2 fully saturated rings. The zero-order valence-corrected chi connectivity index (χ0v) is 22.4. The summed E-state index contributed by atoms with van der Waals surface area (Å²) in [5.41, 5.74) is 1.93. The van der Waals surface area contributed by atoms with Gasteiger partial charge < -0.3 is 24.0 Å². The lowest BCUT2D eigenvalue weighted by atomic mass is 9.93. The fourth-order valence-electron chi connectivity index (χ4n) is 5.32. The first-order valence-corrected chi connectivity index (χ1v) is 13.7. The third-order valence-electron chi connectivity index (χ3n) is 7.75. The molecule has 0 radical (unpaired) electrons. The summed E-state index contributed by atoms with van der Waals surface area (Å²) in [6.45, 7) is 3.01. The molecule has 6 rings (SSSR count). The van der Waals surface area contributed by atoms with Crippen molar-refractivity contribution in [2.24, 2.45) is 5.92 Å². The number of fused-ring (bicyclic) bond motifs is 1. The van der Waals surface area contributed by atoms with Crippen molar-refractivity contribution < 1.29 is 23.8 Å². The number of nitriles is 1. The lowest BCUT2D eigenvalue weighted by molar-refractivity contribution is -0.0591. The molecule has 0 saturated carbocycles. The van der Waals surface area contributed by atoms with Gasteiger partial charge in [-0.05, 0) is 55.5 Å². The molecule has 2 aliphatic heterocycles. The van der Waals surface area contributed by atoms with Gasteiger partial charge in [0.25, 0.3) is 0 Å². The number of ether oxygens (including phenoxy) is 2. The first-order chi connectivity index (χ1) is 20.0. The number of piperidine rings is 1. The molecule has 41 heavy (non-hydrogen) atoms. The highest BCUT2D eigenvalue weighted by Gasteiger charge is 2.26. The Labute approximate surface area is 236 Å². The average molecular weight is 557 g/mol. The second-order valence-electron chi connectivity index (χ2n) is 10.4. The summed E-state index contributed by atoms with van der Waals surface area (Å²) in [7, 11) is 0. The Morgan fingerprint density at radius 3 is 2.66 bits per heavy atom. The number of nitrogens with zero attached hydrogens (tertiary/aromatic N) is 6. The number of carboxylic acid groups (broad SMARTS) is 1. The van der Waals surface area contributed by atoms with E-state index < -0.39 is 11.8 Å². The fourth-order valence-corrected chi connectivity index (χ4v) is 5.32. The number of pyridine rings is 2. The van der Waals surface area contributed by atoms with E-state index in [0.717, 1.165) is 57.0 Å². The number of benzene rings is 1. The highest BCUT2D eigenvalue weighted by Crippen LogP contribution is 2.28. The summed E-state index contributed by atoms with van der Waals surface area (Å²) < 4.78 is 27.7. The maximum absolute atomic E-state index is 14.2. The van der Waals surface area contributed by atoms with Crippen molar-refractivity contribution in [3.8, 4) is 11.9 Å². The van der Waals surface area contributed by atoms with E-state index in [1.54, 1.807) is 24.3 Å². The van der Waals surface area contributed by atoms with Crippen molar-refractivity contribution >= 4 is 23.0 Å². The summed E-state index contributed by atoms with van der Waals surface area (Å²) >= 11 is 0. The van der Waals surface area contributed by atoms with Crippen molar-refractivity contribution in [1.29, 1.82) is 5.26 Å². The normalized spacial score (nSPS) is 17.3. The van der Waals surface area contributed by atoms with E-state index in [4.69, 9.17) is 19.7 Å². The second kappa shape index (κ2) is 11.5. The smallest absolute Gasteiger partial charge is 0.354 e. The zero-order valence-electron chi connectivity index (χ0n) is 22.4. The monoisotopic (exact) mass is 556 g/mol. The summed E-state index contributed by atoms with van der Waals surface area (Å²) in [6.07, 6.45) is 3.72. The minimum absolute atomic E-state index is 0.00813. The average Bonchev–Trinajstić information content (AvgIpc) is 3.30. The molecule has 11 heteroatoms. The summed E-state index contributed by atoms with van der Waals surface area (Å²) in [5.74, 6) is 0.996. The van der Waals surface area contributed by atoms with Crippen molar-refractivity contribution in [3.63, 3.8) is 0 Å². The molecule has 10 nitrogen and oxygen atoms in total. The SMILES string of the molecule is N#Cc1ccc(COc2cccc(N3CCC(Cc4nc5ccc(C(=O)O)nc5n4CC4CCO4)CC3)n2)c(F)c1. The molecule has 2 saturated heterocycles. The molecule has 3 aromatic heterocycles. The van der Waals surface area contributed by atoms with Gasteiger partial charge in [0.1, 0.15) is 29.6 Å².